The van der Waals surface area contributed by atoms with Gasteiger partial charge in [0.2, 0.25) is 0 Å². The molecule has 0 fully saturated rings. The van der Waals surface area contributed by atoms with Gasteiger partial charge < -0.3 is 5.73 Å². The Kier molecular flexibility index (Phi) is 6.14. The van der Waals surface area contributed by atoms with Crippen LogP contribution in [0.15, 0.2) is 24.8 Å². The summed E-state index contributed by atoms with van der Waals surface area (Å²) in [4.78, 5) is 0. The molecule has 16 heavy (non-hydrogen) atoms. The molecule has 1 rings (SSSR count). The molecule has 2 N–H and O–H groups in total. The summed E-state index contributed by atoms with van der Waals surface area (Å²) >= 11 is 0. The highest BCUT2D eigenvalue weighted by molar-refractivity contribution is 5.85. The molecule has 0 spiro atoms. The maximum atomic E-state index is 13.2. The van der Waals surface area contributed by atoms with Gasteiger partial charge in [-0.2, -0.15) is 0 Å². The molecular formula is C11H13ClF3N. The molecule has 1 aromatic rings. The number of rotatable bonds is 4. The van der Waals surface area contributed by atoms with E-state index in [9.17, 15) is 13.2 Å². The van der Waals surface area contributed by atoms with Crippen LogP contribution in [0.5, 0.6) is 0 Å². The molecule has 0 amide bonds. The fraction of sp³-hybridized carbons (Fsp3) is 0.273. The molecule has 0 heterocycles. The van der Waals surface area contributed by atoms with Gasteiger partial charge in [-0.25, -0.2) is 13.2 Å². The maximum absolute atomic E-state index is 13.2. The summed E-state index contributed by atoms with van der Waals surface area (Å²) in [7, 11) is 0. The van der Waals surface area contributed by atoms with E-state index in [1.165, 1.54) is 6.07 Å². The molecule has 90 valence electrons. The van der Waals surface area contributed by atoms with E-state index in [0.717, 1.165) is 6.07 Å². The molecular weight excluding hydrogens is 239 g/mol. The van der Waals surface area contributed by atoms with Gasteiger partial charge in [0.25, 0.3) is 0 Å². The number of benzene rings is 1. The Bertz CT molecular complexity index is 368. The molecule has 0 bridgehead atoms. The van der Waals surface area contributed by atoms with Gasteiger partial charge in [0.15, 0.2) is 17.5 Å². The van der Waals surface area contributed by atoms with E-state index >= 15 is 0 Å². The molecule has 1 atom stereocenters. The van der Waals surface area contributed by atoms with Gasteiger partial charge in [-0.15, -0.1) is 19.0 Å². The zero-order chi connectivity index (χ0) is 11.4. The van der Waals surface area contributed by atoms with Gasteiger partial charge in [-0.3, -0.25) is 0 Å². The topological polar surface area (TPSA) is 26.0 Å². The van der Waals surface area contributed by atoms with Gasteiger partial charge in [0.05, 0.1) is 0 Å². The van der Waals surface area contributed by atoms with Crippen molar-refractivity contribution < 1.29 is 13.2 Å². The zero-order valence-corrected chi connectivity index (χ0v) is 9.37. The Balaban J connectivity index is 0.00000225. The lowest BCUT2D eigenvalue weighted by Gasteiger charge is -2.12. The summed E-state index contributed by atoms with van der Waals surface area (Å²) < 4.78 is 38.7. The fourth-order valence-electron chi connectivity index (χ4n) is 1.28. The van der Waals surface area contributed by atoms with Crippen molar-refractivity contribution >= 4 is 12.4 Å². The van der Waals surface area contributed by atoms with Crippen LogP contribution in [0, 0.1) is 17.5 Å². The second-order valence-electron chi connectivity index (χ2n) is 3.24. The van der Waals surface area contributed by atoms with Crippen LogP contribution in [0.25, 0.3) is 0 Å². The van der Waals surface area contributed by atoms with Crippen molar-refractivity contribution in [2.75, 3.05) is 0 Å². The standard InChI is InChI=1S/C11H12F3N.ClH/c1-2-3-4-9(15)7-5-6-8(12)11(14)10(7)13;/h2,5-6,9H,1,3-4,15H2;1H/t9-;/m1./s1. The maximum Gasteiger partial charge on any atom is 0.194 e. The van der Waals surface area contributed by atoms with Crippen LogP contribution < -0.4 is 5.73 Å². The molecule has 5 heteroatoms. The summed E-state index contributed by atoms with van der Waals surface area (Å²) in [5, 5.41) is 0. The van der Waals surface area contributed by atoms with E-state index in [0.29, 0.717) is 12.8 Å². The number of hydrogen-bond donors (Lipinski definition) is 1. The number of nitrogens with two attached hydrogens (primary N) is 1. The second-order valence-corrected chi connectivity index (χ2v) is 3.24. The van der Waals surface area contributed by atoms with Crippen LogP contribution in [0.3, 0.4) is 0 Å². The molecule has 0 radical (unpaired) electrons. The highest BCUT2D eigenvalue weighted by atomic mass is 35.5. The molecule has 0 aliphatic rings. The largest absolute Gasteiger partial charge is 0.324 e. The quantitative estimate of drug-likeness (QED) is 0.643. The summed E-state index contributed by atoms with van der Waals surface area (Å²) in [5.41, 5.74) is 5.62. The third-order valence-electron chi connectivity index (χ3n) is 2.15. The highest BCUT2D eigenvalue weighted by Gasteiger charge is 2.17. The Morgan fingerprint density at radius 3 is 2.44 bits per heavy atom. The third-order valence-corrected chi connectivity index (χ3v) is 2.15. The predicted molar refractivity (Wildman–Crippen MR) is 59.9 cm³/mol. The van der Waals surface area contributed by atoms with Crippen molar-refractivity contribution in [2.45, 2.75) is 18.9 Å². The average Bonchev–Trinajstić information content (AvgIpc) is 2.23. The number of halogens is 4. The van der Waals surface area contributed by atoms with Crippen molar-refractivity contribution in [3.63, 3.8) is 0 Å². The van der Waals surface area contributed by atoms with Crippen molar-refractivity contribution in [1.82, 2.24) is 0 Å². The first-order valence-electron chi connectivity index (χ1n) is 4.57. The first kappa shape index (κ1) is 15.0. The zero-order valence-electron chi connectivity index (χ0n) is 8.55. The molecule has 0 aromatic heterocycles. The first-order chi connectivity index (χ1) is 7.07. The Morgan fingerprint density at radius 1 is 1.25 bits per heavy atom. The van der Waals surface area contributed by atoms with Crippen molar-refractivity contribution in [2.24, 2.45) is 5.73 Å². The lowest BCUT2D eigenvalue weighted by atomic mass is 10.0. The molecule has 0 aliphatic heterocycles. The molecule has 1 nitrogen and oxygen atoms in total. The van der Waals surface area contributed by atoms with E-state index in [1.807, 2.05) is 0 Å². The lowest BCUT2D eigenvalue weighted by Crippen LogP contribution is -2.13. The summed E-state index contributed by atoms with van der Waals surface area (Å²) in [5.74, 6) is -3.87. The Labute approximate surface area is 98.6 Å². The van der Waals surface area contributed by atoms with E-state index in [-0.39, 0.29) is 18.0 Å². The third kappa shape index (κ3) is 3.25. The molecule has 0 saturated heterocycles. The van der Waals surface area contributed by atoms with Gasteiger partial charge in [-0.1, -0.05) is 12.1 Å². The fourth-order valence-corrected chi connectivity index (χ4v) is 1.28. The monoisotopic (exact) mass is 251 g/mol. The Hall–Kier alpha value is -1.00. The first-order valence-corrected chi connectivity index (χ1v) is 4.57. The minimum Gasteiger partial charge on any atom is -0.324 e. The molecule has 0 saturated carbocycles. The van der Waals surface area contributed by atoms with Gasteiger partial charge >= 0.3 is 0 Å². The second kappa shape index (κ2) is 6.55. The minimum absolute atomic E-state index is 0. The molecule has 0 unspecified atom stereocenters. The van der Waals surface area contributed by atoms with Crippen LogP contribution in [0.4, 0.5) is 13.2 Å². The van der Waals surface area contributed by atoms with Crippen LogP contribution >= 0.6 is 12.4 Å². The normalized spacial score (nSPS) is 11.8. The van der Waals surface area contributed by atoms with Gasteiger partial charge in [0, 0.05) is 11.6 Å². The van der Waals surface area contributed by atoms with Crippen LogP contribution in [0.2, 0.25) is 0 Å². The predicted octanol–water partition coefficient (Wildman–Crippen LogP) is 3.49. The van der Waals surface area contributed by atoms with E-state index < -0.39 is 23.5 Å². The van der Waals surface area contributed by atoms with Crippen LogP contribution in [-0.4, -0.2) is 0 Å². The Morgan fingerprint density at radius 2 is 1.88 bits per heavy atom. The van der Waals surface area contributed by atoms with Gasteiger partial charge in [-0.05, 0) is 18.9 Å². The summed E-state index contributed by atoms with van der Waals surface area (Å²) in [6.45, 7) is 3.50. The van der Waals surface area contributed by atoms with Gasteiger partial charge in [0.1, 0.15) is 0 Å². The number of hydrogen-bond acceptors (Lipinski definition) is 1. The number of allylic oxidation sites excluding steroid dienone is 1. The smallest absolute Gasteiger partial charge is 0.194 e. The van der Waals surface area contributed by atoms with Crippen molar-refractivity contribution in [3.8, 4) is 0 Å². The minimum atomic E-state index is -1.47. The lowest BCUT2D eigenvalue weighted by molar-refractivity contribution is 0.433. The summed E-state index contributed by atoms with van der Waals surface area (Å²) in [6, 6.07) is 1.40. The highest BCUT2D eigenvalue weighted by Crippen LogP contribution is 2.22. The molecule has 0 aliphatic carbocycles. The average molecular weight is 252 g/mol. The van der Waals surface area contributed by atoms with E-state index in [1.54, 1.807) is 6.08 Å². The van der Waals surface area contributed by atoms with Crippen molar-refractivity contribution in [3.05, 3.63) is 47.8 Å². The van der Waals surface area contributed by atoms with E-state index in [2.05, 4.69) is 6.58 Å². The SMILES string of the molecule is C=CCC[C@@H](N)c1ccc(F)c(F)c1F.Cl. The van der Waals surface area contributed by atoms with E-state index in [4.69, 9.17) is 5.73 Å². The summed E-state index contributed by atoms with van der Waals surface area (Å²) in [6.07, 6.45) is 2.68. The van der Waals surface area contributed by atoms with Crippen LogP contribution in [0.1, 0.15) is 24.4 Å². The van der Waals surface area contributed by atoms with Crippen LogP contribution in [-0.2, 0) is 0 Å². The van der Waals surface area contributed by atoms with Crippen molar-refractivity contribution in [1.29, 1.82) is 0 Å². The molecule has 1 aromatic carbocycles.